The SMILES string of the molecule is O=C(NCc1ccco1)c1ccc(OC2CCOCC2)nc1. The number of hydrogen-bond donors (Lipinski definition) is 1. The van der Waals surface area contributed by atoms with Crippen LogP contribution in [0.1, 0.15) is 29.0 Å². The fourth-order valence-corrected chi connectivity index (χ4v) is 2.23. The molecular formula is C16H18N2O4. The van der Waals surface area contributed by atoms with Crippen LogP contribution in [0.25, 0.3) is 0 Å². The van der Waals surface area contributed by atoms with E-state index in [1.54, 1.807) is 24.5 Å². The minimum absolute atomic E-state index is 0.139. The second-order valence-corrected chi connectivity index (χ2v) is 5.08. The second kappa shape index (κ2) is 7.09. The number of furan rings is 1. The van der Waals surface area contributed by atoms with Gasteiger partial charge >= 0.3 is 0 Å². The van der Waals surface area contributed by atoms with Crippen LogP contribution >= 0.6 is 0 Å². The van der Waals surface area contributed by atoms with E-state index < -0.39 is 0 Å². The van der Waals surface area contributed by atoms with E-state index in [-0.39, 0.29) is 12.0 Å². The number of rotatable bonds is 5. The van der Waals surface area contributed by atoms with Gasteiger partial charge in [0.2, 0.25) is 5.88 Å². The Morgan fingerprint density at radius 1 is 1.32 bits per heavy atom. The topological polar surface area (TPSA) is 73.6 Å². The van der Waals surface area contributed by atoms with Gasteiger partial charge in [-0.1, -0.05) is 0 Å². The van der Waals surface area contributed by atoms with E-state index in [4.69, 9.17) is 13.9 Å². The molecule has 3 heterocycles. The lowest BCUT2D eigenvalue weighted by atomic mass is 10.1. The molecule has 116 valence electrons. The predicted octanol–water partition coefficient (Wildman–Crippen LogP) is 2.16. The van der Waals surface area contributed by atoms with Gasteiger partial charge < -0.3 is 19.2 Å². The normalized spacial score (nSPS) is 15.5. The number of ether oxygens (including phenoxy) is 2. The zero-order valence-electron chi connectivity index (χ0n) is 12.2. The van der Waals surface area contributed by atoms with Crippen LogP contribution in [0.4, 0.5) is 0 Å². The quantitative estimate of drug-likeness (QED) is 0.916. The summed E-state index contributed by atoms with van der Waals surface area (Å²) in [4.78, 5) is 16.2. The lowest BCUT2D eigenvalue weighted by Crippen LogP contribution is -2.26. The number of nitrogens with one attached hydrogen (secondary N) is 1. The highest BCUT2D eigenvalue weighted by atomic mass is 16.5. The van der Waals surface area contributed by atoms with E-state index in [1.807, 2.05) is 6.07 Å². The van der Waals surface area contributed by atoms with Gasteiger partial charge in [0.15, 0.2) is 0 Å². The molecule has 0 bridgehead atoms. The average molecular weight is 302 g/mol. The summed E-state index contributed by atoms with van der Waals surface area (Å²) < 4.78 is 16.2. The maximum atomic E-state index is 12.0. The number of nitrogens with zero attached hydrogens (tertiary/aromatic N) is 1. The van der Waals surface area contributed by atoms with Gasteiger partial charge in [0.25, 0.3) is 5.91 Å². The number of hydrogen-bond acceptors (Lipinski definition) is 5. The van der Waals surface area contributed by atoms with Crippen LogP contribution < -0.4 is 10.1 Å². The smallest absolute Gasteiger partial charge is 0.253 e. The number of pyridine rings is 1. The summed E-state index contributed by atoms with van der Waals surface area (Å²) in [6, 6.07) is 7.02. The molecule has 0 radical (unpaired) electrons. The van der Waals surface area contributed by atoms with Gasteiger partial charge in [-0.2, -0.15) is 0 Å². The minimum Gasteiger partial charge on any atom is -0.474 e. The van der Waals surface area contributed by atoms with Crippen LogP contribution in [0.2, 0.25) is 0 Å². The van der Waals surface area contributed by atoms with Crippen LogP contribution in [-0.4, -0.2) is 30.2 Å². The molecule has 1 amide bonds. The van der Waals surface area contributed by atoms with Crippen molar-refractivity contribution < 1.29 is 18.7 Å². The van der Waals surface area contributed by atoms with Gasteiger partial charge in [-0.3, -0.25) is 4.79 Å². The molecule has 2 aromatic heterocycles. The van der Waals surface area contributed by atoms with E-state index in [9.17, 15) is 4.79 Å². The highest BCUT2D eigenvalue weighted by Crippen LogP contribution is 2.16. The number of aromatic nitrogens is 1. The van der Waals surface area contributed by atoms with Gasteiger partial charge in [-0.15, -0.1) is 0 Å². The molecule has 0 aliphatic carbocycles. The molecule has 6 nitrogen and oxygen atoms in total. The first-order valence-corrected chi connectivity index (χ1v) is 7.32. The van der Waals surface area contributed by atoms with E-state index in [0.29, 0.717) is 23.7 Å². The molecule has 0 aromatic carbocycles. The summed E-state index contributed by atoms with van der Waals surface area (Å²) in [7, 11) is 0. The standard InChI is InChI=1S/C16H18N2O4/c19-16(18-11-14-2-1-7-21-14)12-3-4-15(17-10-12)22-13-5-8-20-9-6-13/h1-4,7,10,13H,5-6,8-9,11H2,(H,18,19). The molecule has 0 spiro atoms. The number of carbonyl (C=O) groups excluding carboxylic acids is 1. The maximum Gasteiger partial charge on any atom is 0.253 e. The van der Waals surface area contributed by atoms with Gasteiger partial charge in [0, 0.05) is 25.1 Å². The fraction of sp³-hybridized carbons (Fsp3) is 0.375. The monoisotopic (exact) mass is 302 g/mol. The molecule has 1 saturated heterocycles. The Morgan fingerprint density at radius 2 is 2.18 bits per heavy atom. The van der Waals surface area contributed by atoms with Crippen LogP contribution in [-0.2, 0) is 11.3 Å². The maximum absolute atomic E-state index is 12.0. The number of amides is 1. The van der Waals surface area contributed by atoms with E-state index >= 15 is 0 Å². The molecule has 1 aliphatic heterocycles. The van der Waals surface area contributed by atoms with Crippen LogP contribution in [0.15, 0.2) is 41.1 Å². The lowest BCUT2D eigenvalue weighted by Gasteiger charge is -2.22. The number of carbonyl (C=O) groups is 1. The van der Waals surface area contributed by atoms with Crippen molar-refractivity contribution in [1.82, 2.24) is 10.3 Å². The Balaban J connectivity index is 1.52. The zero-order chi connectivity index (χ0) is 15.2. The highest BCUT2D eigenvalue weighted by Gasteiger charge is 2.16. The van der Waals surface area contributed by atoms with Crippen molar-refractivity contribution >= 4 is 5.91 Å². The van der Waals surface area contributed by atoms with E-state index in [0.717, 1.165) is 26.1 Å². The molecule has 1 N–H and O–H groups in total. The molecule has 6 heteroatoms. The first-order chi connectivity index (χ1) is 10.8. The van der Waals surface area contributed by atoms with Crippen LogP contribution in [0, 0.1) is 0 Å². The van der Waals surface area contributed by atoms with Crippen molar-refractivity contribution in [3.05, 3.63) is 48.0 Å². The summed E-state index contributed by atoms with van der Waals surface area (Å²) in [5.74, 6) is 1.05. The molecule has 0 unspecified atom stereocenters. The molecule has 2 aromatic rings. The van der Waals surface area contributed by atoms with Crippen molar-refractivity contribution in [1.29, 1.82) is 0 Å². The summed E-state index contributed by atoms with van der Waals surface area (Å²) >= 11 is 0. The predicted molar refractivity (Wildman–Crippen MR) is 78.6 cm³/mol. The molecule has 1 fully saturated rings. The zero-order valence-corrected chi connectivity index (χ0v) is 12.2. The Bertz CT molecular complexity index is 589. The molecule has 0 saturated carbocycles. The van der Waals surface area contributed by atoms with Crippen molar-refractivity contribution in [2.24, 2.45) is 0 Å². The summed E-state index contributed by atoms with van der Waals surface area (Å²) in [5.41, 5.74) is 0.492. The van der Waals surface area contributed by atoms with Crippen molar-refractivity contribution in [2.45, 2.75) is 25.5 Å². The summed E-state index contributed by atoms with van der Waals surface area (Å²) in [5, 5.41) is 2.77. The molecule has 1 aliphatic rings. The van der Waals surface area contributed by atoms with E-state index in [2.05, 4.69) is 10.3 Å². The third-order valence-electron chi connectivity index (χ3n) is 3.46. The molecule has 3 rings (SSSR count). The van der Waals surface area contributed by atoms with Gasteiger partial charge in [-0.05, 0) is 18.2 Å². The van der Waals surface area contributed by atoms with Crippen molar-refractivity contribution in [3.63, 3.8) is 0 Å². The first-order valence-electron chi connectivity index (χ1n) is 7.32. The third kappa shape index (κ3) is 3.85. The van der Waals surface area contributed by atoms with Crippen molar-refractivity contribution in [3.8, 4) is 5.88 Å². The fourth-order valence-electron chi connectivity index (χ4n) is 2.23. The Hall–Kier alpha value is -2.34. The summed E-state index contributed by atoms with van der Waals surface area (Å²) in [6.07, 6.45) is 4.97. The third-order valence-corrected chi connectivity index (χ3v) is 3.46. The minimum atomic E-state index is -0.193. The highest BCUT2D eigenvalue weighted by molar-refractivity contribution is 5.93. The Labute approximate surface area is 128 Å². The van der Waals surface area contributed by atoms with Gasteiger partial charge in [-0.25, -0.2) is 4.98 Å². The Morgan fingerprint density at radius 3 is 2.86 bits per heavy atom. The van der Waals surface area contributed by atoms with E-state index in [1.165, 1.54) is 6.20 Å². The Kier molecular flexibility index (Phi) is 4.70. The van der Waals surface area contributed by atoms with Gasteiger partial charge in [0.1, 0.15) is 11.9 Å². The summed E-state index contributed by atoms with van der Waals surface area (Å²) in [6.45, 7) is 1.79. The van der Waals surface area contributed by atoms with Gasteiger partial charge in [0.05, 0.1) is 31.6 Å². The lowest BCUT2D eigenvalue weighted by molar-refractivity contribution is 0.0237. The first kappa shape index (κ1) is 14.6. The largest absolute Gasteiger partial charge is 0.474 e. The van der Waals surface area contributed by atoms with Crippen molar-refractivity contribution in [2.75, 3.05) is 13.2 Å². The van der Waals surface area contributed by atoms with Crippen LogP contribution in [0.3, 0.4) is 0 Å². The second-order valence-electron chi connectivity index (χ2n) is 5.08. The molecular weight excluding hydrogens is 284 g/mol. The molecule has 22 heavy (non-hydrogen) atoms. The van der Waals surface area contributed by atoms with Crippen LogP contribution in [0.5, 0.6) is 5.88 Å². The molecule has 0 atom stereocenters. The average Bonchev–Trinajstić information content (AvgIpc) is 3.08.